The number of ether oxygens (including phenoxy) is 2. The highest BCUT2D eigenvalue weighted by molar-refractivity contribution is 6.99. The van der Waals surface area contributed by atoms with Gasteiger partial charge in [0, 0.05) is 24.8 Å². The van der Waals surface area contributed by atoms with Crippen LogP contribution in [-0.4, -0.2) is 58.3 Å². The number of hydrogen-bond donors (Lipinski definition) is 1. The van der Waals surface area contributed by atoms with E-state index in [1.807, 2.05) is 30.3 Å². The zero-order valence-electron chi connectivity index (χ0n) is 23.8. The summed E-state index contributed by atoms with van der Waals surface area (Å²) >= 11 is 0. The van der Waals surface area contributed by atoms with Crippen molar-refractivity contribution >= 4 is 42.1 Å². The van der Waals surface area contributed by atoms with Crippen molar-refractivity contribution in [2.75, 3.05) is 29.5 Å². The second kappa shape index (κ2) is 10.6. The van der Waals surface area contributed by atoms with Crippen LogP contribution in [0.4, 0.5) is 16.2 Å². The molecule has 0 spiro atoms. The second-order valence-electron chi connectivity index (χ2n) is 12.0. The molecule has 0 unspecified atom stereocenters. The lowest BCUT2D eigenvalue weighted by atomic mass is 10.0. The Labute approximate surface area is 242 Å². The molecule has 0 bridgehead atoms. The van der Waals surface area contributed by atoms with Crippen LogP contribution in [0, 0.1) is 0 Å². The quantitative estimate of drug-likeness (QED) is 0.453. The Hall–Kier alpha value is -3.66. The molecule has 214 valence electrons. The molecule has 2 saturated heterocycles. The minimum atomic E-state index is -2.76. The van der Waals surface area contributed by atoms with Crippen molar-refractivity contribution in [1.82, 2.24) is 0 Å². The highest BCUT2D eigenvalue weighted by atomic mass is 28.4. The van der Waals surface area contributed by atoms with Crippen molar-refractivity contribution in [1.29, 1.82) is 0 Å². The van der Waals surface area contributed by atoms with Crippen LogP contribution in [0.5, 0.6) is 5.75 Å². The summed E-state index contributed by atoms with van der Waals surface area (Å²) in [6, 6.07) is 26.3. The molecule has 8 nitrogen and oxygen atoms in total. The van der Waals surface area contributed by atoms with E-state index in [9.17, 15) is 9.59 Å². The molecule has 9 heteroatoms. The van der Waals surface area contributed by atoms with Crippen LogP contribution in [0.15, 0.2) is 78.9 Å². The van der Waals surface area contributed by atoms with Crippen LogP contribution >= 0.6 is 0 Å². The van der Waals surface area contributed by atoms with Gasteiger partial charge in [-0.15, -0.1) is 0 Å². The number of piperidine rings is 1. The highest BCUT2D eigenvalue weighted by Gasteiger charge is 2.52. The Bertz CT molecular complexity index is 1390. The average molecular weight is 572 g/mol. The first-order valence-electron chi connectivity index (χ1n) is 14.3. The fourth-order valence-electron chi connectivity index (χ4n) is 6.51. The first kappa shape index (κ1) is 27.5. The molecule has 3 aliphatic heterocycles. The van der Waals surface area contributed by atoms with Gasteiger partial charge in [-0.05, 0) is 34.0 Å². The molecule has 2 fully saturated rings. The number of rotatable bonds is 6. The van der Waals surface area contributed by atoms with E-state index in [1.165, 1.54) is 10.4 Å². The van der Waals surface area contributed by atoms with E-state index in [4.69, 9.17) is 19.6 Å². The maximum atomic E-state index is 13.6. The van der Waals surface area contributed by atoms with Gasteiger partial charge in [0.1, 0.15) is 24.5 Å². The third-order valence-electron chi connectivity index (χ3n) is 8.50. The molecule has 3 aliphatic rings. The molecular formula is C32H37N3O5Si. The number of cyclic esters (lactones) is 1. The predicted octanol–water partition coefficient (Wildman–Crippen LogP) is 3.80. The number of anilines is 2. The van der Waals surface area contributed by atoms with Gasteiger partial charge in [0.05, 0.1) is 18.2 Å². The number of benzene rings is 3. The summed E-state index contributed by atoms with van der Waals surface area (Å²) in [5, 5.41) is 2.25. The molecule has 0 aromatic heterocycles. The summed E-state index contributed by atoms with van der Waals surface area (Å²) in [5.74, 6) is 0.573. The molecule has 2 N–H and O–H groups in total. The molecule has 6 rings (SSSR count). The van der Waals surface area contributed by atoms with Crippen LogP contribution in [0.3, 0.4) is 0 Å². The zero-order valence-corrected chi connectivity index (χ0v) is 24.8. The smallest absolute Gasteiger partial charge is 0.415 e. The Morgan fingerprint density at radius 1 is 0.976 bits per heavy atom. The van der Waals surface area contributed by atoms with Gasteiger partial charge < -0.3 is 24.5 Å². The molecule has 3 heterocycles. The third kappa shape index (κ3) is 4.71. The van der Waals surface area contributed by atoms with E-state index in [0.717, 1.165) is 5.69 Å². The maximum absolute atomic E-state index is 13.6. The molecule has 3 atom stereocenters. The van der Waals surface area contributed by atoms with E-state index < -0.39 is 20.5 Å². The van der Waals surface area contributed by atoms with E-state index >= 15 is 0 Å². The first-order valence-corrected chi connectivity index (χ1v) is 16.2. The Kier molecular flexibility index (Phi) is 7.13. The second-order valence-corrected chi connectivity index (χ2v) is 16.3. The molecule has 0 radical (unpaired) electrons. The van der Waals surface area contributed by atoms with Crippen molar-refractivity contribution < 1.29 is 23.5 Å². The number of nitrogens with zero attached hydrogens (tertiary/aromatic N) is 2. The molecule has 2 amide bonds. The topological polar surface area (TPSA) is 94.3 Å². The summed E-state index contributed by atoms with van der Waals surface area (Å²) < 4.78 is 18.7. The maximum Gasteiger partial charge on any atom is 0.415 e. The number of carbonyl (C=O) groups excluding carboxylic acids is 2. The largest absolute Gasteiger partial charge is 0.489 e. The average Bonchev–Trinajstić information content (AvgIpc) is 3.31. The number of nitrogens with two attached hydrogens (primary N) is 1. The fraction of sp³-hybridized carbons (Fsp3) is 0.375. The minimum Gasteiger partial charge on any atom is -0.489 e. The van der Waals surface area contributed by atoms with Crippen molar-refractivity contribution in [3.05, 3.63) is 78.9 Å². The summed E-state index contributed by atoms with van der Waals surface area (Å²) in [5.41, 5.74) is 7.18. The van der Waals surface area contributed by atoms with Crippen LogP contribution in [0.2, 0.25) is 5.04 Å². The molecule has 0 aliphatic carbocycles. The van der Waals surface area contributed by atoms with E-state index in [1.54, 1.807) is 9.80 Å². The van der Waals surface area contributed by atoms with Crippen molar-refractivity contribution in [2.45, 2.75) is 56.9 Å². The first-order chi connectivity index (χ1) is 19.7. The normalized spacial score (nSPS) is 22.6. The SMILES string of the molecule is CC(C)(C)[Si](O[C@@H]1CCN(c2ccc3c(c2)OC[C@H]2[C@H](CN)OC(=O)N32)C(=O)C1)(c1ccccc1)c1ccccc1. The molecule has 3 aromatic carbocycles. The van der Waals surface area contributed by atoms with Gasteiger partial charge in [0.15, 0.2) is 0 Å². The monoisotopic (exact) mass is 571 g/mol. The number of carbonyl (C=O) groups is 2. The third-order valence-corrected chi connectivity index (χ3v) is 13.6. The van der Waals surface area contributed by atoms with E-state index in [-0.39, 0.29) is 29.6 Å². The molecular weight excluding hydrogens is 534 g/mol. The van der Waals surface area contributed by atoms with E-state index in [2.05, 4.69) is 69.3 Å². The summed E-state index contributed by atoms with van der Waals surface area (Å²) in [7, 11) is -2.76. The Morgan fingerprint density at radius 3 is 2.22 bits per heavy atom. The minimum absolute atomic E-state index is 0.0107. The fourth-order valence-corrected chi connectivity index (χ4v) is 11.2. The number of fused-ring (bicyclic) bond motifs is 3. The van der Waals surface area contributed by atoms with Gasteiger partial charge >= 0.3 is 6.09 Å². The summed E-state index contributed by atoms with van der Waals surface area (Å²) in [6.45, 7) is 7.82. The van der Waals surface area contributed by atoms with Crippen LogP contribution in [0.1, 0.15) is 33.6 Å². The Balaban J connectivity index is 1.25. The van der Waals surface area contributed by atoms with Gasteiger partial charge in [0.25, 0.3) is 8.32 Å². The van der Waals surface area contributed by atoms with Gasteiger partial charge in [-0.25, -0.2) is 4.79 Å². The van der Waals surface area contributed by atoms with Crippen LogP contribution < -0.4 is 30.6 Å². The molecule has 41 heavy (non-hydrogen) atoms. The van der Waals surface area contributed by atoms with Gasteiger partial charge in [-0.2, -0.15) is 0 Å². The molecule has 0 saturated carbocycles. The van der Waals surface area contributed by atoms with Gasteiger partial charge in [0.2, 0.25) is 5.91 Å². The highest BCUT2D eigenvalue weighted by Crippen LogP contribution is 2.42. The standard InChI is InChI=1S/C32H37N3O5Si/c1-32(2,3)41(24-10-6-4-7-11-24,25-12-8-5-9-13-25)40-23-16-17-34(30(36)19-23)22-14-15-26-28(18-22)38-21-27-29(20-33)39-31(37)35(26)27/h4-15,18,23,27,29H,16-17,19-21,33H2,1-3H3/t23-,27+,29+/m1/s1. The van der Waals surface area contributed by atoms with Gasteiger partial charge in [-0.1, -0.05) is 81.4 Å². The van der Waals surface area contributed by atoms with Crippen molar-refractivity contribution in [3.63, 3.8) is 0 Å². The van der Waals surface area contributed by atoms with Crippen molar-refractivity contribution in [3.8, 4) is 5.75 Å². The lowest BCUT2D eigenvalue weighted by molar-refractivity contribution is -0.121. The van der Waals surface area contributed by atoms with Crippen molar-refractivity contribution in [2.24, 2.45) is 5.73 Å². The zero-order chi connectivity index (χ0) is 28.8. The van der Waals surface area contributed by atoms with Gasteiger partial charge in [-0.3, -0.25) is 9.69 Å². The lowest BCUT2D eigenvalue weighted by Gasteiger charge is -2.46. The Morgan fingerprint density at radius 2 is 1.63 bits per heavy atom. The number of hydrogen-bond acceptors (Lipinski definition) is 6. The van der Waals surface area contributed by atoms with Crippen LogP contribution in [0.25, 0.3) is 0 Å². The summed E-state index contributed by atoms with van der Waals surface area (Å²) in [6.07, 6.45) is -0.00699. The van der Waals surface area contributed by atoms with E-state index in [0.29, 0.717) is 37.4 Å². The van der Waals surface area contributed by atoms with Crippen LogP contribution in [-0.2, 0) is 14.0 Å². The molecule has 3 aromatic rings. The predicted molar refractivity (Wildman–Crippen MR) is 162 cm³/mol. The lowest BCUT2D eigenvalue weighted by Crippen LogP contribution is -2.68. The number of amides is 2. The summed E-state index contributed by atoms with van der Waals surface area (Å²) in [4.78, 5) is 29.6.